The number of H-pyrrole nitrogens is 1. The van der Waals surface area contributed by atoms with E-state index in [1.165, 1.54) is 21.8 Å². The molecular formula is C19H15BrN4OS. The number of halogens is 1. The zero-order valence-corrected chi connectivity index (χ0v) is 16.3. The molecule has 2 aromatic carbocycles. The molecule has 0 bridgehead atoms. The first-order valence-electron chi connectivity index (χ1n) is 8.04. The third-order valence-electron chi connectivity index (χ3n) is 4.00. The monoisotopic (exact) mass is 426 g/mol. The second-order valence-corrected chi connectivity index (χ2v) is 7.70. The van der Waals surface area contributed by atoms with Gasteiger partial charge in [0.15, 0.2) is 10.8 Å². The summed E-state index contributed by atoms with van der Waals surface area (Å²) in [4.78, 5) is 19.9. The quantitative estimate of drug-likeness (QED) is 0.489. The van der Waals surface area contributed by atoms with Crippen molar-refractivity contribution < 1.29 is 0 Å². The highest BCUT2D eigenvalue weighted by molar-refractivity contribution is 9.10. The molecule has 2 aromatic heterocycles. The molecule has 0 saturated heterocycles. The van der Waals surface area contributed by atoms with E-state index in [-0.39, 0.29) is 5.69 Å². The lowest BCUT2D eigenvalue weighted by Crippen LogP contribution is -2.19. The van der Waals surface area contributed by atoms with E-state index in [1.54, 1.807) is 0 Å². The van der Waals surface area contributed by atoms with Crippen LogP contribution in [0.5, 0.6) is 0 Å². The predicted molar refractivity (Wildman–Crippen MR) is 107 cm³/mol. The van der Waals surface area contributed by atoms with E-state index in [0.717, 1.165) is 27.0 Å². The lowest BCUT2D eigenvalue weighted by molar-refractivity contribution is 0.780. The fourth-order valence-corrected chi connectivity index (χ4v) is 3.85. The Morgan fingerprint density at radius 2 is 1.85 bits per heavy atom. The number of aryl methyl sites for hydroxylation is 1. The van der Waals surface area contributed by atoms with Crippen LogP contribution in [0.25, 0.3) is 16.8 Å². The van der Waals surface area contributed by atoms with Crippen LogP contribution >= 0.6 is 27.7 Å². The van der Waals surface area contributed by atoms with Gasteiger partial charge in [0.05, 0.1) is 5.69 Å². The summed E-state index contributed by atoms with van der Waals surface area (Å²) in [5.41, 5.74) is 4.11. The Kier molecular flexibility index (Phi) is 4.65. The normalized spacial score (nSPS) is 11.2. The maximum Gasteiger partial charge on any atom is 0.350 e. The summed E-state index contributed by atoms with van der Waals surface area (Å²) in [6.45, 7) is 1.89. The van der Waals surface area contributed by atoms with Crippen molar-refractivity contribution in [2.24, 2.45) is 0 Å². The Balaban J connectivity index is 1.76. The van der Waals surface area contributed by atoms with Gasteiger partial charge < -0.3 is 0 Å². The molecule has 0 spiro atoms. The fraction of sp³-hybridized carbons (Fsp3) is 0.105. The van der Waals surface area contributed by atoms with Crippen molar-refractivity contribution in [3.8, 4) is 11.1 Å². The van der Waals surface area contributed by atoms with Crippen LogP contribution in [0, 0.1) is 6.92 Å². The smallest absolute Gasteiger partial charge is 0.285 e. The van der Waals surface area contributed by atoms with Crippen LogP contribution in [0.2, 0.25) is 0 Å². The molecular weight excluding hydrogens is 412 g/mol. The highest BCUT2D eigenvalue weighted by atomic mass is 79.9. The van der Waals surface area contributed by atoms with E-state index in [1.807, 2.05) is 49.4 Å². The Morgan fingerprint density at radius 3 is 2.58 bits per heavy atom. The lowest BCUT2D eigenvalue weighted by Gasteiger charge is -2.04. The van der Waals surface area contributed by atoms with Crippen LogP contribution in [0.1, 0.15) is 11.3 Å². The molecule has 0 atom stereocenters. The van der Waals surface area contributed by atoms with Crippen LogP contribution in [0.4, 0.5) is 0 Å². The molecule has 5 nitrogen and oxygen atoms in total. The van der Waals surface area contributed by atoms with Gasteiger partial charge >= 0.3 is 5.69 Å². The molecule has 0 amide bonds. The number of aromatic amines is 1. The second kappa shape index (κ2) is 7.09. The third kappa shape index (κ3) is 3.32. The van der Waals surface area contributed by atoms with E-state index in [4.69, 9.17) is 0 Å². The second-order valence-electron chi connectivity index (χ2n) is 5.82. The molecule has 1 N–H and O–H groups in total. The van der Waals surface area contributed by atoms with Gasteiger partial charge in [0.25, 0.3) is 0 Å². The Labute approximate surface area is 162 Å². The van der Waals surface area contributed by atoms with Crippen molar-refractivity contribution in [2.75, 3.05) is 0 Å². The highest BCUT2D eigenvalue weighted by Gasteiger charge is 2.16. The van der Waals surface area contributed by atoms with Crippen LogP contribution in [-0.4, -0.2) is 19.6 Å². The zero-order chi connectivity index (χ0) is 18.1. The summed E-state index contributed by atoms with van der Waals surface area (Å²) in [7, 11) is 0. The van der Waals surface area contributed by atoms with E-state index in [0.29, 0.717) is 10.8 Å². The Bertz CT molecular complexity index is 1120. The summed E-state index contributed by atoms with van der Waals surface area (Å²) < 4.78 is 2.33. The Hall–Kier alpha value is -2.38. The van der Waals surface area contributed by atoms with Crippen molar-refractivity contribution in [2.45, 2.75) is 17.8 Å². The van der Waals surface area contributed by atoms with Crippen LogP contribution in [0.15, 0.2) is 69.0 Å². The number of hydrogen-bond acceptors (Lipinski definition) is 4. The van der Waals surface area contributed by atoms with Crippen LogP contribution in [-0.2, 0) is 5.75 Å². The van der Waals surface area contributed by atoms with Crippen molar-refractivity contribution in [3.63, 3.8) is 0 Å². The molecule has 0 radical (unpaired) electrons. The molecule has 0 aliphatic rings. The number of aromatic nitrogens is 4. The first-order chi connectivity index (χ1) is 12.6. The number of nitrogens with zero attached hydrogens (tertiary/aromatic N) is 3. The van der Waals surface area contributed by atoms with Gasteiger partial charge in [-0.15, -0.1) is 0 Å². The molecule has 0 fully saturated rings. The molecule has 2 heterocycles. The average Bonchev–Trinajstić information content (AvgIpc) is 2.98. The van der Waals surface area contributed by atoms with Crippen molar-refractivity contribution >= 4 is 33.3 Å². The van der Waals surface area contributed by atoms with Crippen molar-refractivity contribution in [1.82, 2.24) is 19.6 Å². The molecule has 4 aromatic rings. The third-order valence-corrected chi connectivity index (χ3v) is 5.47. The van der Waals surface area contributed by atoms with E-state index in [2.05, 4.69) is 43.1 Å². The number of benzene rings is 2. The Morgan fingerprint density at radius 1 is 1.12 bits per heavy atom. The molecule has 0 aliphatic heterocycles. The van der Waals surface area contributed by atoms with Gasteiger partial charge in [0, 0.05) is 15.8 Å². The predicted octanol–water partition coefficient (Wildman–Crippen LogP) is 4.45. The van der Waals surface area contributed by atoms with Crippen LogP contribution in [0.3, 0.4) is 0 Å². The minimum Gasteiger partial charge on any atom is -0.285 e. The van der Waals surface area contributed by atoms with Crippen LogP contribution < -0.4 is 5.69 Å². The van der Waals surface area contributed by atoms with Gasteiger partial charge in [-0.25, -0.2) is 9.78 Å². The highest BCUT2D eigenvalue weighted by Crippen LogP contribution is 2.28. The molecule has 7 heteroatoms. The van der Waals surface area contributed by atoms with Crippen molar-refractivity contribution in [1.29, 1.82) is 0 Å². The van der Waals surface area contributed by atoms with Gasteiger partial charge in [0.2, 0.25) is 0 Å². The average molecular weight is 427 g/mol. The molecule has 0 saturated carbocycles. The van der Waals surface area contributed by atoms with Gasteiger partial charge in [-0.2, -0.15) is 9.61 Å². The topological polar surface area (TPSA) is 63.1 Å². The SMILES string of the molecule is Cc1nn2c(=O)[nH]c(SCc3ccccc3)nc2c1-c1ccc(Br)cc1. The number of fused-ring (bicyclic) bond motifs is 1. The summed E-state index contributed by atoms with van der Waals surface area (Å²) in [5.74, 6) is 0.737. The molecule has 4 rings (SSSR count). The summed E-state index contributed by atoms with van der Waals surface area (Å²) in [6.07, 6.45) is 0. The zero-order valence-electron chi connectivity index (χ0n) is 13.9. The molecule has 0 unspecified atom stereocenters. The van der Waals surface area contributed by atoms with Gasteiger partial charge in [-0.1, -0.05) is 70.2 Å². The molecule has 0 aliphatic carbocycles. The number of rotatable bonds is 4. The lowest BCUT2D eigenvalue weighted by atomic mass is 10.1. The standard InChI is InChI=1S/C19H15BrN4OS/c1-12-16(14-7-9-15(20)10-8-14)17-21-18(22-19(25)24(17)23-12)26-11-13-5-3-2-4-6-13/h2-10H,11H2,1H3,(H,21,22,25). The first kappa shape index (κ1) is 17.1. The first-order valence-corrected chi connectivity index (χ1v) is 9.82. The number of hydrogen-bond donors (Lipinski definition) is 1. The fourth-order valence-electron chi connectivity index (χ4n) is 2.78. The maximum atomic E-state index is 12.4. The molecule has 26 heavy (non-hydrogen) atoms. The van der Waals surface area contributed by atoms with Crippen molar-refractivity contribution in [3.05, 3.63) is 80.8 Å². The van der Waals surface area contributed by atoms with Gasteiger partial charge in [0.1, 0.15) is 0 Å². The van der Waals surface area contributed by atoms with Gasteiger partial charge in [-0.3, -0.25) is 4.98 Å². The number of nitrogens with one attached hydrogen (secondary N) is 1. The van der Waals surface area contributed by atoms with E-state index in [9.17, 15) is 4.79 Å². The largest absolute Gasteiger partial charge is 0.350 e. The van der Waals surface area contributed by atoms with E-state index < -0.39 is 0 Å². The minimum atomic E-state index is -0.281. The van der Waals surface area contributed by atoms with E-state index >= 15 is 0 Å². The number of thioether (sulfide) groups is 1. The maximum absolute atomic E-state index is 12.4. The summed E-state index contributed by atoms with van der Waals surface area (Å²) >= 11 is 4.95. The summed E-state index contributed by atoms with van der Waals surface area (Å²) in [5, 5.41) is 4.95. The summed E-state index contributed by atoms with van der Waals surface area (Å²) in [6, 6.07) is 18.0. The molecule has 130 valence electrons. The van der Waals surface area contributed by atoms with Gasteiger partial charge in [-0.05, 0) is 30.2 Å². The minimum absolute atomic E-state index is 0.281.